The molecule has 85 heavy (non-hydrogen) atoms. The lowest BCUT2D eigenvalue weighted by molar-refractivity contribution is -0.302. The molecule has 0 spiro atoms. The van der Waals surface area contributed by atoms with E-state index >= 15 is 0 Å². The third-order valence-electron chi connectivity index (χ3n) is 17.8. The summed E-state index contributed by atoms with van der Waals surface area (Å²) in [4.78, 5) is 25.1. The number of hydrogen-bond acceptors (Lipinski definition) is 10. The molecule has 11 heteroatoms. The summed E-state index contributed by atoms with van der Waals surface area (Å²) in [6, 6.07) is -0.804. The highest BCUT2D eigenvalue weighted by Crippen LogP contribution is 2.24. The Morgan fingerprint density at radius 2 is 0.753 bits per heavy atom. The van der Waals surface area contributed by atoms with Gasteiger partial charge in [-0.3, -0.25) is 9.59 Å². The Balaban J connectivity index is 1.86. The van der Waals surface area contributed by atoms with Crippen molar-refractivity contribution in [3.05, 3.63) is 24.3 Å². The maximum atomic E-state index is 13.0. The van der Waals surface area contributed by atoms with E-state index in [1.54, 1.807) is 6.08 Å². The third kappa shape index (κ3) is 52.6. The maximum absolute atomic E-state index is 13.0. The monoisotopic (exact) mass is 1200 g/mol. The Kier molecular flexibility index (Phi) is 60.8. The Bertz CT molecular complexity index is 1460. The van der Waals surface area contributed by atoms with Gasteiger partial charge in [-0.25, -0.2) is 0 Å². The maximum Gasteiger partial charge on any atom is 0.305 e. The average Bonchev–Trinajstić information content (AvgIpc) is 3.50. The van der Waals surface area contributed by atoms with Crippen LogP contribution >= 0.6 is 0 Å². The van der Waals surface area contributed by atoms with Gasteiger partial charge in [0.1, 0.15) is 24.4 Å². The van der Waals surface area contributed by atoms with Crippen LogP contribution in [0.25, 0.3) is 0 Å². The van der Waals surface area contributed by atoms with Crippen molar-refractivity contribution in [2.24, 2.45) is 0 Å². The molecule has 6 N–H and O–H groups in total. The van der Waals surface area contributed by atoms with Gasteiger partial charge in [0, 0.05) is 12.8 Å². The summed E-state index contributed by atoms with van der Waals surface area (Å²) in [5.41, 5.74) is 0. The minimum absolute atomic E-state index is 0.00709. The van der Waals surface area contributed by atoms with Gasteiger partial charge in [-0.05, 0) is 57.8 Å². The SMILES string of the molecule is CCCCCC/C=C\CCCCCCCC(=O)OCCCCCCCCCCCCCCCCCCCCCCCCCCCCCCCCCCCCCC(=O)NC(COC1OC(CO)C(O)C(O)C1O)C(O)/C=C/CCCCCCCCC. The van der Waals surface area contributed by atoms with Gasteiger partial charge in [0.2, 0.25) is 5.91 Å². The summed E-state index contributed by atoms with van der Waals surface area (Å²) in [5.74, 6) is -0.170. The molecular weight excluding hydrogens is 1060 g/mol. The van der Waals surface area contributed by atoms with E-state index < -0.39 is 49.5 Å². The number of aliphatic hydroxyl groups excluding tert-OH is 5. The van der Waals surface area contributed by atoms with Crippen LogP contribution in [0.1, 0.15) is 373 Å². The molecule has 0 radical (unpaired) electrons. The number of carbonyl (C=O) groups excluding carboxylic acids is 2. The number of nitrogens with one attached hydrogen (secondary N) is 1. The lowest BCUT2D eigenvalue weighted by Crippen LogP contribution is -2.60. The fourth-order valence-electron chi connectivity index (χ4n) is 12.0. The zero-order chi connectivity index (χ0) is 61.6. The molecule has 7 unspecified atom stereocenters. The molecular formula is C74H141NO10. The van der Waals surface area contributed by atoms with Gasteiger partial charge in [-0.15, -0.1) is 0 Å². The van der Waals surface area contributed by atoms with E-state index in [-0.39, 0.29) is 18.5 Å². The Morgan fingerprint density at radius 1 is 0.424 bits per heavy atom. The number of carbonyl (C=O) groups is 2. The lowest BCUT2D eigenvalue weighted by atomic mass is 9.99. The second kappa shape index (κ2) is 63.7. The van der Waals surface area contributed by atoms with Crippen molar-refractivity contribution in [2.45, 2.75) is 416 Å². The summed E-state index contributed by atoms with van der Waals surface area (Å²) in [6.07, 6.45) is 70.7. The first-order valence-electron chi connectivity index (χ1n) is 37.1. The lowest BCUT2D eigenvalue weighted by Gasteiger charge is -2.40. The summed E-state index contributed by atoms with van der Waals surface area (Å²) in [7, 11) is 0. The highest BCUT2D eigenvalue weighted by molar-refractivity contribution is 5.76. The summed E-state index contributed by atoms with van der Waals surface area (Å²) in [5, 5.41) is 54.3. The van der Waals surface area contributed by atoms with Crippen LogP contribution in [0, 0.1) is 0 Å². The van der Waals surface area contributed by atoms with Crippen molar-refractivity contribution in [3.63, 3.8) is 0 Å². The Morgan fingerprint density at radius 3 is 1.14 bits per heavy atom. The quantitative estimate of drug-likeness (QED) is 0.0195. The zero-order valence-electron chi connectivity index (χ0n) is 55.8. The van der Waals surface area contributed by atoms with Crippen molar-refractivity contribution in [1.82, 2.24) is 5.32 Å². The third-order valence-corrected chi connectivity index (χ3v) is 17.8. The molecule has 502 valence electrons. The van der Waals surface area contributed by atoms with Gasteiger partial charge in [-0.2, -0.15) is 0 Å². The number of esters is 1. The molecule has 1 fully saturated rings. The molecule has 0 bridgehead atoms. The minimum Gasteiger partial charge on any atom is -0.466 e. The fraction of sp³-hybridized carbons (Fsp3) is 0.919. The Hall–Kier alpha value is -1.86. The molecule has 0 aliphatic carbocycles. The summed E-state index contributed by atoms with van der Waals surface area (Å²) >= 11 is 0. The van der Waals surface area contributed by atoms with E-state index in [0.29, 0.717) is 19.4 Å². The van der Waals surface area contributed by atoms with E-state index in [0.717, 1.165) is 57.8 Å². The first-order valence-corrected chi connectivity index (χ1v) is 37.1. The van der Waals surface area contributed by atoms with Crippen molar-refractivity contribution in [2.75, 3.05) is 19.8 Å². The Labute approximate surface area is 524 Å². The van der Waals surface area contributed by atoms with Crippen LogP contribution in [-0.2, 0) is 23.8 Å². The summed E-state index contributed by atoms with van der Waals surface area (Å²) < 4.78 is 16.7. The van der Waals surface area contributed by atoms with Gasteiger partial charge in [-0.1, -0.05) is 327 Å². The molecule has 7 atom stereocenters. The fourth-order valence-corrected chi connectivity index (χ4v) is 12.0. The van der Waals surface area contributed by atoms with Crippen molar-refractivity contribution in [3.8, 4) is 0 Å². The van der Waals surface area contributed by atoms with Crippen LogP contribution in [-0.4, -0.2) is 100 Å². The van der Waals surface area contributed by atoms with Crippen LogP contribution in [0.4, 0.5) is 0 Å². The van der Waals surface area contributed by atoms with Gasteiger partial charge in [0.25, 0.3) is 0 Å². The molecule has 0 aromatic rings. The second-order valence-electron chi connectivity index (χ2n) is 26.0. The van der Waals surface area contributed by atoms with Gasteiger partial charge in [0.05, 0.1) is 32.0 Å². The number of ether oxygens (including phenoxy) is 3. The standard InChI is InChI=1S/C74H141NO10/c1-3-5-7-9-11-13-14-38-42-46-50-54-58-62-70(79)83-63-59-55-51-47-43-40-37-35-33-31-29-27-25-23-21-19-17-15-16-18-20-22-24-26-28-30-32-34-36-39-41-45-49-53-57-61-69(78)75-66(67(77)60-56-52-48-44-12-10-8-6-4-2)65-84-74-73(82)72(81)71(80)68(64-76)85-74/h13-14,56,60,66-68,71-74,76-77,80-82H,3-12,15-55,57-59,61-65H2,1-2H3,(H,75,78)/b14-13-,60-56+. The molecule has 1 aliphatic heterocycles. The van der Waals surface area contributed by atoms with E-state index in [1.165, 1.54) is 289 Å². The molecule has 0 saturated carbocycles. The van der Waals surface area contributed by atoms with E-state index in [4.69, 9.17) is 14.2 Å². The number of rotatable bonds is 66. The largest absolute Gasteiger partial charge is 0.466 e. The van der Waals surface area contributed by atoms with Crippen LogP contribution in [0.2, 0.25) is 0 Å². The predicted molar refractivity (Wildman–Crippen MR) is 357 cm³/mol. The average molecular weight is 1200 g/mol. The molecule has 0 aromatic heterocycles. The zero-order valence-corrected chi connectivity index (χ0v) is 55.8. The number of unbranched alkanes of at least 4 members (excludes halogenated alkanes) is 50. The minimum atomic E-state index is -1.57. The van der Waals surface area contributed by atoms with Gasteiger partial charge < -0.3 is 45.1 Å². The molecule has 1 aliphatic rings. The summed E-state index contributed by atoms with van der Waals surface area (Å²) in [6.45, 7) is 4.34. The topological polar surface area (TPSA) is 175 Å². The highest BCUT2D eigenvalue weighted by Gasteiger charge is 2.44. The molecule has 1 amide bonds. The number of amides is 1. The molecule has 11 nitrogen and oxygen atoms in total. The van der Waals surface area contributed by atoms with Crippen molar-refractivity contribution < 1.29 is 49.3 Å². The smallest absolute Gasteiger partial charge is 0.305 e. The van der Waals surface area contributed by atoms with Crippen LogP contribution < -0.4 is 5.32 Å². The van der Waals surface area contributed by atoms with E-state index in [2.05, 4.69) is 31.3 Å². The predicted octanol–water partition coefficient (Wildman–Crippen LogP) is 19.2. The van der Waals surface area contributed by atoms with E-state index in [9.17, 15) is 35.1 Å². The molecule has 0 aromatic carbocycles. The van der Waals surface area contributed by atoms with Gasteiger partial charge >= 0.3 is 5.97 Å². The second-order valence-corrected chi connectivity index (χ2v) is 26.0. The van der Waals surface area contributed by atoms with Crippen LogP contribution in [0.15, 0.2) is 24.3 Å². The normalized spacial score (nSPS) is 18.0. The number of aliphatic hydroxyl groups is 5. The number of allylic oxidation sites excluding steroid dienone is 3. The van der Waals surface area contributed by atoms with Crippen LogP contribution in [0.3, 0.4) is 0 Å². The number of hydrogen-bond donors (Lipinski definition) is 6. The molecule has 1 rings (SSSR count). The van der Waals surface area contributed by atoms with Gasteiger partial charge in [0.15, 0.2) is 6.29 Å². The van der Waals surface area contributed by atoms with Crippen LogP contribution in [0.5, 0.6) is 0 Å². The first-order chi connectivity index (χ1) is 41.7. The van der Waals surface area contributed by atoms with E-state index in [1.807, 2.05) is 6.08 Å². The molecule has 1 saturated heterocycles. The van der Waals surface area contributed by atoms with Crippen molar-refractivity contribution in [1.29, 1.82) is 0 Å². The first kappa shape index (κ1) is 81.2. The molecule has 1 heterocycles. The highest BCUT2D eigenvalue weighted by atomic mass is 16.7. The van der Waals surface area contributed by atoms with Crippen molar-refractivity contribution >= 4 is 11.9 Å².